The molecule has 0 aromatic rings. The van der Waals surface area contributed by atoms with Crippen molar-refractivity contribution in [1.29, 1.82) is 0 Å². The van der Waals surface area contributed by atoms with Gasteiger partial charge in [0, 0.05) is 12.2 Å². The molecular formula is C10H17NO2. The second-order valence-corrected chi connectivity index (χ2v) is 3.13. The third-order valence-electron chi connectivity index (χ3n) is 2.01. The van der Waals surface area contributed by atoms with Crippen molar-refractivity contribution >= 4 is 5.97 Å². The van der Waals surface area contributed by atoms with Crippen LogP contribution in [-0.2, 0) is 9.53 Å². The summed E-state index contributed by atoms with van der Waals surface area (Å²) in [5.74, 6) is -0.136. The number of carbonyl (C=O) groups is 1. The van der Waals surface area contributed by atoms with Gasteiger partial charge in [-0.05, 0) is 26.2 Å². The molecule has 0 amide bonds. The van der Waals surface area contributed by atoms with Gasteiger partial charge in [-0.2, -0.15) is 0 Å². The Morgan fingerprint density at radius 1 is 1.62 bits per heavy atom. The zero-order chi connectivity index (χ0) is 9.52. The van der Waals surface area contributed by atoms with Gasteiger partial charge < -0.3 is 10.1 Å². The maximum atomic E-state index is 11.1. The van der Waals surface area contributed by atoms with Gasteiger partial charge in [-0.25, -0.2) is 0 Å². The van der Waals surface area contributed by atoms with Gasteiger partial charge >= 0.3 is 5.97 Å². The fraction of sp³-hybridized carbons (Fsp3) is 0.700. The van der Waals surface area contributed by atoms with E-state index in [1.165, 1.54) is 12.8 Å². The van der Waals surface area contributed by atoms with Gasteiger partial charge in [0.05, 0.1) is 13.0 Å². The summed E-state index contributed by atoms with van der Waals surface area (Å²) in [5, 5.41) is 3.23. The molecule has 0 saturated carbocycles. The molecule has 0 radical (unpaired) electrons. The smallest absolute Gasteiger partial charge is 0.311 e. The average Bonchev–Trinajstić information content (AvgIpc) is 2.33. The topological polar surface area (TPSA) is 38.3 Å². The largest absolute Gasteiger partial charge is 0.466 e. The van der Waals surface area contributed by atoms with Gasteiger partial charge in [-0.3, -0.25) is 4.79 Å². The van der Waals surface area contributed by atoms with Crippen LogP contribution < -0.4 is 5.32 Å². The van der Waals surface area contributed by atoms with Crippen molar-refractivity contribution in [3.63, 3.8) is 0 Å². The first-order chi connectivity index (χ1) is 6.33. The van der Waals surface area contributed by atoms with Crippen LogP contribution in [0.25, 0.3) is 0 Å². The predicted octanol–water partition coefficient (Wildman–Crippen LogP) is 1.60. The summed E-state index contributed by atoms with van der Waals surface area (Å²) in [6.07, 6.45) is 5.96. The number of ether oxygens (including phenoxy) is 1. The summed E-state index contributed by atoms with van der Waals surface area (Å²) in [5.41, 5.74) is 1.02. The molecule has 1 N–H and O–H groups in total. The lowest BCUT2D eigenvalue weighted by molar-refractivity contribution is -0.142. The van der Waals surface area contributed by atoms with E-state index >= 15 is 0 Å². The predicted molar refractivity (Wildman–Crippen MR) is 51.2 cm³/mol. The van der Waals surface area contributed by atoms with Crippen LogP contribution in [0.15, 0.2) is 11.8 Å². The maximum absolute atomic E-state index is 11.1. The molecule has 1 rings (SSSR count). The summed E-state index contributed by atoms with van der Waals surface area (Å²) in [7, 11) is 0. The van der Waals surface area contributed by atoms with E-state index in [0.29, 0.717) is 13.0 Å². The van der Waals surface area contributed by atoms with Crippen LogP contribution in [0.3, 0.4) is 0 Å². The van der Waals surface area contributed by atoms with Gasteiger partial charge in [-0.15, -0.1) is 0 Å². The van der Waals surface area contributed by atoms with Crippen LogP contribution in [0, 0.1) is 0 Å². The molecule has 1 aliphatic rings. The molecular weight excluding hydrogens is 166 g/mol. The Morgan fingerprint density at radius 2 is 2.46 bits per heavy atom. The third-order valence-corrected chi connectivity index (χ3v) is 2.01. The molecule has 0 unspecified atom stereocenters. The molecule has 0 atom stereocenters. The number of hydrogen-bond donors (Lipinski definition) is 1. The van der Waals surface area contributed by atoms with Crippen LogP contribution in [0.4, 0.5) is 0 Å². The van der Waals surface area contributed by atoms with Crippen LogP contribution in [-0.4, -0.2) is 19.1 Å². The number of hydrogen-bond acceptors (Lipinski definition) is 3. The lowest BCUT2D eigenvalue weighted by Gasteiger charge is -2.07. The van der Waals surface area contributed by atoms with E-state index < -0.39 is 0 Å². The van der Waals surface area contributed by atoms with Crippen LogP contribution in [0.5, 0.6) is 0 Å². The first-order valence-electron chi connectivity index (χ1n) is 4.91. The molecule has 0 aromatic heterocycles. The second kappa shape index (κ2) is 5.62. The summed E-state index contributed by atoms with van der Waals surface area (Å²) >= 11 is 0. The van der Waals surface area contributed by atoms with Crippen LogP contribution >= 0.6 is 0 Å². The summed E-state index contributed by atoms with van der Waals surface area (Å²) in [4.78, 5) is 11.1. The highest BCUT2D eigenvalue weighted by Gasteiger charge is 2.07. The first kappa shape index (κ1) is 10.1. The van der Waals surface area contributed by atoms with E-state index in [2.05, 4.69) is 11.4 Å². The number of esters is 1. The van der Waals surface area contributed by atoms with E-state index in [0.717, 1.165) is 18.7 Å². The monoisotopic (exact) mass is 183 g/mol. The lowest BCUT2D eigenvalue weighted by Crippen LogP contribution is -2.17. The van der Waals surface area contributed by atoms with E-state index in [-0.39, 0.29) is 5.97 Å². The lowest BCUT2D eigenvalue weighted by atomic mass is 10.2. The summed E-state index contributed by atoms with van der Waals surface area (Å²) in [6, 6.07) is 0. The van der Waals surface area contributed by atoms with Gasteiger partial charge in [0.15, 0.2) is 0 Å². The van der Waals surface area contributed by atoms with Crippen molar-refractivity contribution in [2.24, 2.45) is 0 Å². The van der Waals surface area contributed by atoms with Crippen molar-refractivity contribution in [2.45, 2.75) is 32.6 Å². The first-order valence-corrected chi connectivity index (χ1v) is 4.91. The van der Waals surface area contributed by atoms with Crippen molar-refractivity contribution < 1.29 is 9.53 Å². The summed E-state index contributed by atoms with van der Waals surface area (Å²) in [6.45, 7) is 3.27. The molecule has 1 aliphatic heterocycles. The Kier molecular flexibility index (Phi) is 4.36. The van der Waals surface area contributed by atoms with Crippen LogP contribution in [0.1, 0.15) is 32.6 Å². The van der Waals surface area contributed by atoms with Crippen molar-refractivity contribution in [3.05, 3.63) is 11.8 Å². The normalized spacial score (nSPS) is 16.8. The molecule has 74 valence electrons. The van der Waals surface area contributed by atoms with Gasteiger partial charge in [0.2, 0.25) is 0 Å². The zero-order valence-corrected chi connectivity index (χ0v) is 8.14. The highest BCUT2D eigenvalue weighted by atomic mass is 16.5. The van der Waals surface area contributed by atoms with Crippen LogP contribution in [0.2, 0.25) is 0 Å². The SMILES string of the molecule is CCOC(=O)CC1=CCCCCN1. The average molecular weight is 183 g/mol. The number of allylic oxidation sites excluding steroid dienone is 1. The molecule has 0 bridgehead atoms. The van der Waals surface area contributed by atoms with E-state index in [4.69, 9.17) is 4.74 Å². The van der Waals surface area contributed by atoms with E-state index in [1.807, 2.05) is 6.92 Å². The molecule has 0 fully saturated rings. The molecule has 3 nitrogen and oxygen atoms in total. The second-order valence-electron chi connectivity index (χ2n) is 3.13. The zero-order valence-electron chi connectivity index (χ0n) is 8.14. The Bertz CT molecular complexity index is 199. The molecule has 0 aromatic carbocycles. The van der Waals surface area contributed by atoms with Crippen molar-refractivity contribution in [1.82, 2.24) is 5.32 Å². The summed E-state index contributed by atoms with van der Waals surface area (Å²) < 4.78 is 4.87. The van der Waals surface area contributed by atoms with E-state index in [1.54, 1.807) is 0 Å². The van der Waals surface area contributed by atoms with Gasteiger partial charge in [-0.1, -0.05) is 6.08 Å². The molecule has 1 heterocycles. The minimum atomic E-state index is -0.136. The molecule has 3 heteroatoms. The molecule has 0 spiro atoms. The fourth-order valence-electron chi connectivity index (χ4n) is 1.37. The third kappa shape index (κ3) is 3.97. The molecule has 13 heavy (non-hydrogen) atoms. The minimum Gasteiger partial charge on any atom is -0.466 e. The molecule has 0 aliphatic carbocycles. The Balaban J connectivity index is 2.33. The van der Waals surface area contributed by atoms with Gasteiger partial charge in [0.1, 0.15) is 0 Å². The van der Waals surface area contributed by atoms with Crippen molar-refractivity contribution in [2.75, 3.05) is 13.2 Å². The highest BCUT2D eigenvalue weighted by Crippen LogP contribution is 2.08. The maximum Gasteiger partial charge on any atom is 0.311 e. The number of rotatable bonds is 3. The highest BCUT2D eigenvalue weighted by molar-refractivity contribution is 5.72. The minimum absolute atomic E-state index is 0.136. The fourth-order valence-corrected chi connectivity index (χ4v) is 1.37. The Morgan fingerprint density at radius 3 is 3.23 bits per heavy atom. The van der Waals surface area contributed by atoms with Gasteiger partial charge in [0.25, 0.3) is 0 Å². The van der Waals surface area contributed by atoms with Crippen molar-refractivity contribution in [3.8, 4) is 0 Å². The quantitative estimate of drug-likeness (QED) is 0.675. The van der Waals surface area contributed by atoms with E-state index in [9.17, 15) is 4.79 Å². The Hall–Kier alpha value is -0.990. The number of carbonyl (C=O) groups excluding carboxylic acids is 1. The Labute approximate surface area is 79.2 Å². The standard InChI is InChI=1S/C10H17NO2/c1-2-13-10(12)8-9-6-4-3-5-7-11-9/h6,11H,2-5,7-8H2,1H3. The molecule has 0 saturated heterocycles. The number of nitrogens with one attached hydrogen (secondary N) is 1.